The zero-order valence-electron chi connectivity index (χ0n) is 12.5. The first-order valence-corrected chi connectivity index (χ1v) is 7.83. The number of aliphatic imine (C=N–C) groups is 1. The van der Waals surface area contributed by atoms with E-state index in [1.165, 1.54) is 44.9 Å². The summed E-state index contributed by atoms with van der Waals surface area (Å²) >= 11 is 0. The van der Waals surface area contributed by atoms with Crippen molar-refractivity contribution in [3.63, 3.8) is 0 Å². The van der Waals surface area contributed by atoms with Gasteiger partial charge in [-0.05, 0) is 50.4 Å². The highest BCUT2D eigenvalue weighted by atomic mass is 127. The molecule has 0 aromatic heterocycles. The van der Waals surface area contributed by atoms with Crippen LogP contribution >= 0.6 is 24.0 Å². The van der Waals surface area contributed by atoms with E-state index >= 15 is 0 Å². The Bertz CT molecular complexity index is 283. The number of halogens is 1. The summed E-state index contributed by atoms with van der Waals surface area (Å²) in [6, 6.07) is 0. The first-order chi connectivity index (χ1) is 8.80. The lowest BCUT2D eigenvalue weighted by molar-refractivity contribution is 0.452. The second-order valence-corrected chi connectivity index (χ2v) is 5.97. The van der Waals surface area contributed by atoms with Crippen molar-refractivity contribution in [2.24, 2.45) is 16.3 Å². The predicted molar refractivity (Wildman–Crippen MR) is 93.3 cm³/mol. The van der Waals surface area contributed by atoms with Gasteiger partial charge in [0.15, 0.2) is 5.96 Å². The summed E-state index contributed by atoms with van der Waals surface area (Å²) in [5.41, 5.74) is 0.617. The van der Waals surface area contributed by atoms with Crippen molar-refractivity contribution in [2.45, 2.75) is 58.8 Å². The zero-order chi connectivity index (χ0) is 12.8. The molecule has 2 fully saturated rings. The van der Waals surface area contributed by atoms with Crippen LogP contribution in [-0.4, -0.2) is 25.6 Å². The fourth-order valence-corrected chi connectivity index (χ4v) is 2.71. The van der Waals surface area contributed by atoms with Crippen LogP contribution in [0.2, 0.25) is 0 Å². The molecule has 0 aromatic rings. The van der Waals surface area contributed by atoms with E-state index in [0.717, 1.165) is 31.5 Å². The molecule has 2 aliphatic rings. The Morgan fingerprint density at radius 3 is 2.42 bits per heavy atom. The Kier molecular flexibility index (Phi) is 7.47. The monoisotopic (exact) mass is 379 g/mol. The lowest BCUT2D eigenvalue weighted by Gasteiger charge is -2.14. The summed E-state index contributed by atoms with van der Waals surface area (Å²) < 4.78 is 0. The van der Waals surface area contributed by atoms with Crippen LogP contribution in [0.3, 0.4) is 0 Å². The van der Waals surface area contributed by atoms with E-state index < -0.39 is 0 Å². The SMILES string of the molecule is CCCCCNC(=NCC1(C2CC2)CC1)NCC.I. The van der Waals surface area contributed by atoms with E-state index in [0.29, 0.717) is 5.41 Å². The van der Waals surface area contributed by atoms with Crippen LogP contribution in [0.15, 0.2) is 4.99 Å². The number of hydrogen-bond acceptors (Lipinski definition) is 1. The summed E-state index contributed by atoms with van der Waals surface area (Å²) in [5, 5.41) is 6.81. The third-order valence-corrected chi connectivity index (χ3v) is 4.30. The highest BCUT2D eigenvalue weighted by Crippen LogP contribution is 2.61. The summed E-state index contributed by atoms with van der Waals surface area (Å²) in [6.07, 6.45) is 9.56. The molecule has 2 aliphatic carbocycles. The topological polar surface area (TPSA) is 36.4 Å². The van der Waals surface area contributed by atoms with E-state index in [4.69, 9.17) is 4.99 Å². The second kappa shape index (κ2) is 8.32. The van der Waals surface area contributed by atoms with Crippen molar-refractivity contribution < 1.29 is 0 Å². The second-order valence-electron chi connectivity index (χ2n) is 5.97. The molecular formula is C15H30IN3. The largest absolute Gasteiger partial charge is 0.357 e. The van der Waals surface area contributed by atoms with Gasteiger partial charge >= 0.3 is 0 Å². The number of nitrogens with one attached hydrogen (secondary N) is 2. The minimum absolute atomic E-state index is 0. The molecule has 0 unspecified atom stereocenters. The lowest BCUT2D eigenvalue weighted by Crippen LogP contribution is -2.38. The summed E-state index contributed by atoms with van der Waals surface area (Å²) in [5.74, 6) is 2.03. The average molecular weight is 379 g/mol. The molecule has 3 nitrogen and oxygen atoms in total. The van der Waals surface area contributed by atoms with Gasteiger partial charge in [-0.25, -0.2) is 0 Å². The van der Waals surface area contributed by atoms with Crippen molar-refractivity contribution in [2.75, 3.05) is 19.6 Å². The Balaban J connectivity index is 0.00000180. The summed E-state index contributed by atoms with van der Waals surface area (Å²) in [4.78, 5) is 4.80. The van der Waals surface area contributed by atoms with Crippen LogP contribution < -0.4 is 10.6 Å². The molecule has 0 aromatic carbocycles. The molecule has 2 N–H and O–H groups in total. The van der Waals surface area contributed by atoms with Crippen LogP contribution in [0.4, 0.5) is 0 Å². The van der Waals surface area contributed by atoms with Gasteiger partial charge in [-0.3, -0.25) is 4.99 Å². The smallest absolute Gasteiger partial charge is 0.191 e. The maximum absolute atomic E-state index is 4.80. The molecular weight excluding hydrogens is 349 g/mol. The minimum atomic E-state index is 0. The molecule has 0 saturated heterocycles. The van der Waals surface area contributed by atoms with Crippen molar-refractivity contribution in [1.82, 2.24) is 10.6 Å². The average Bonchev–Trinajstić information content (AvgIpc) is 3.24. The number of hydrogen-bond donors (Lipinski definition) is 2. The fourth-order valence-electron chi connectivity index (χ4n) is 2.71. The van der Waals surface area contributed by atoms with Gasteiger partial charge in [-0.2, -0.15) is 0 Å². The Morgan fingerprint density at radius 2 is 1.89 bits per heavy atom. The van der Waals surface area contributed by atoms with Gasteiger partial charge in [0.1, 0.15) is 0 Å². The zero-order valence-corrected chi connectivity index (χ0v) is 14.8. The van der Waals surface area contributed by atoms with Crippen molar-refractivity contribution in [3.05, 3.63) is 0 Å². The van der Waals surface area contributed by atoms with E-state index in [1.807, 2.05) is 0 Å². The van der Waals surface area contributed by atoms with Crippen molar-refractivity contribution >= 4 is 29.9 Å². The molecule has 0 bridgehead atoms. The highest BCUT2D eigenvalue weighted by molar-refractivity contribution is 14.0. The molecule has 19 heavy (non-hydrogen) atoms. The maximum atomic E-state index is 4.80. The quantitative estimate of drug-likeness (QED) is 0.293. The lowest BCUT2D eigenvalue weighted by atomic mass is 10.0. The number of rotatable bonds is 8. The Morgan fingerprint density at radius 1 is 1.16 bits per heavy atom. The molecule has 112 valence electrons. The Hall–Kier alpha value is 0. The van der Waals surface area contributed by atoms with Crippen LogP contribution in [0.5, 0.6) is 0 Å². The van der Waals surface area contributed by atoms with Gasteiger partial charge in [0.25, 0.3) is 0 Å². The first kappa shape index (κ1) is 17.1. The molecule has 0 atom stereocenters. The van der Waals surface area contributed by atoms with Gasteiger partial charge < -0.3 is 10.6 Å². The van der Waals surface area contributed by atoms with Crippen LogP contribution in [-0.2, 0) is 0 Å². The predicted octanol–water partition coefficient (Wildman–Crippen LogP) is 3.54. The van der Waals surface area contributed by atoms with Gasteiger partial charge in [-0.15, -0.1) is 24.0 Å². The van der Waals surface area contributed by atoms with E-state index in [-0.39, 0.29) is 24.0 Å². The van der Waals surface area contributed by atoms with Gasteiger partial charge in [0.05, 0.1) is 0 Å². The van der Waals surface area contributed by atoms with Crippen LogP contribution in [0.1, 0.15) is 58.8 Å². The van der Waals surface area contributed by atoms with E-state index in [1.54, 1.807) is 0 Å². The molecule has 0 aliphatic heterocycles. The molecule has 2 saturated carbocycles. The fraction of sp³-hybridized carbons (Fsp3) is 0.933. The maximum Gasteiger partial charge on any atom is 0.191 e. The third kappa shape index (κ3) is 5.48. The Labute approximate surface area is 135 Å². The number of nitrogens with zero attached hydrogens (tertiary/aromatic N) is 1. The van der Waals surface area contributed by atoms with Gasteiger partial charge in [-0.1, -0.05) is 19.8 Å². The van der Waals surface area contributed by atoms with Crippen LogP contribution in [0, 0.1) is 11.3 Å². The third-order valence-electron chi connectivity index (χ3n) is 4.30. The molecule has 0 spiro atoms. The summed E-state index contributed by atoms with van der Waals surface area (Å²) in [6.45, 7) is 7.43. The minimum Gasteiger partial charge on any atom is -0.357 e. The normalized spacial score (nSPS) is 20.6. The first-order valence-electron chi connectivity index (χ1n) is 7.83. The molecule has 0 radical (unpaired) electrons. The van der Waals surface area contributed by atoms with Gasteiger partial charge in [0.2, 0.25) is 0 Å². The van der Waals surface area contributed by atoms with Crippen molar-refractivity contribution in [1.29, 1.82) is 0 Å². The highest BCUT2D eigenvalue weighted by Gasteiger charge is 2.53. The molecule has 4 heteroatoms. The molecule has 0 amide bonds. The number of unbranched alkanes of at least 4 members (excludes halogenated alkanes) is 2. The molecule has 2 rings (SSSR count). The van der Waals surface area contributed by atoms with Crippen molar-refractivity contribution in [3.8, 4) is 0 Å². The standard InChI is InChI=1S/C15H29N3.HI/c1-3-5-6-11-17-14(16-4-2)18-12-15(9-10-15)13-7-8-13;/h13H,3-12H2,1-2H3,(H2,16,17,18);1H. The summed E-state index contributed by atoms with van der Waals surface area (Å²) in [7, 11) is 0. The van der Waals surface area contributed by atoms with Crippen LogP contribution in [0.25, 0.3) is 0 Å². The number of guanidine groups is 1. The molecule has 0 heterocycles. The van der Waals surface area contributed by atoms with Gasteiger partial charge in [0, 0.05) is 19.6 Å². The van der Waals surface area contributed by atoms with E-state index in [9.17, 15) is 0 Å². The van der Waals surface area contributed by atoms with E-state index in [2.05, 4.69) is 24.5 Å².